The van der Waals surface area contributed by atoms with Crippen LogP contribution in [-0.4, -0.2) is 35.3 Å². The van der Waals surface area contributed by atoms with Crippen molar-refractivity contribution in [2.24, 2.45) is 11.8 Å². The first-order valence-corrected chi connectivity index (χ1v) is 8.63. The number of hydrogen-bond acceptors (Lipinski definition) is 2. The van der Waals surface area contributed by atoms with Gasteiger partial charge in [-0.25, -0.2) is 0 Å². The van der Waals surface area contributed by atoms with E-state index in [4.69, 9.17) is 0 Å². The monoisotopic (exact) mass is 294 g/mol. The first kappa shape index (κ1) is 16.3. The van der Waals surface area contributed by atoms with Crippen LogP contribution in [0.5, 0.6) is 0 Å². The van der Waals surface area contributed by atoms with E-state index in [1.165, 1.54) is 25.7 Å². The Balaban J connectivity index is 1.90. The average Bonchev–Trinajstić information content (AvgIpc) is 2.47. The highest BCUT2D eigenvalue weighted by Crippen LogP contribution is 2.30. The van der Waals surface area contributed by atoms with Gasteiger partial charge in [-0.3, -0.25) is 9.59 Å². The zero-order chi connectivity index (χ0) is 15.4. The standard InChI is InChI=1S/C17H30N2O2/c1-4-5-15-17(21)19(13(3)16(20)18-15)11-10-14-8-6-12(2)7-9-14/h12-15H,4-11H2,1-3H3,(H,18,20). The number of piperazine rings is 1. The molecule has 2 rings (SSSR count). The molecule has 1 saturated carbocycles. The van der Waals surface area contributed by atoms with E-state index < -0.39 is 0 Å². The molecule has 1 heterocycles. The highest BCUT2D eigenvalue weighted by Gasteiger charge is 2.37. The van der Waals surface area contributed by atoms with Crippen LogP contribution >= 0.6 is 0 Å². The largest absolute Gasteiger partial charge is 0.343 e. The number of rotatable bonds is 5. The second kappa shape index (κ2) is 7.28. The van der Waals surface area contributed by atoms with E-state index in [2.05, 4.69) is 12.2 Å². The van der Waals surface area contributed by atoms with Crippen molar-refractivity contribution in [1.82, 2.24) is 10.2 Å². The molecule has 4 nitrogen and oxygen atoms in total. The highest BCUT2D eigenvalue weighted by molar-refractivity contribution is 5.96. The van der Waals surface area contributed by atoms with Gasteiger partial charge in [-0.2, -0.15) is 0 Å². The normalized spacial score (nSPS) is 34.0. The molecule has 2 fully saturated rings. The van der Waals surface area contributed by atoms with Crippen molar-refractivity contribution in [1.29, 1.82) is 0 Å². The lowest BCUT2D eigenvalue weighted by atomic mass is 9.81. The van der Waals surface area contributed by atoms with Gasteiger partial charge in [-0.15, -0.1) is 0 Å². The molecule has 0 bridgehead atoms. The van der Waals surface area contributed by atoms with Gasteiger partial charge in [0.05, 0.1) is 0 Å². The molecule has 2 unspecified atom stereocenters. The van der Waals surface area contributed by atoms with Crippen molar-refractivity contribution < 1.29 is 9.59 Å². The lowest BCUT2D eigenvalue weighted by Crippen LogP contribution is -2.62. The fourth-order valence-electron chi connectivity index (χ4n) is 3.61. The summed E-state index contributed by atoms with van der Waals surface area (Å²) in [7, 11) is 0. The molecule has 0 aromatic rings. The van der Waals surface area contributed by atoms with E-state index in [-0.39, 0.29) is 23.9 Å². The topological polar surface area (TPSA) is 49.4 Å². The smallest absolute Gasteiger partial charge is 0.245 e. The lowest BCUT2D eigenvalue weighted by molar-refractivity contribution is -0.149. The van der Waals surface area contributed by atoms with Gasteiger partial charge in [0.15, 0.2) is 0 Å². The van der Waals surface area contributed by atoms with Gasteiger partial charge < -0.3 is 10.2 Å². The Hall–Kier alpha value is -1.06. The van der Waals surface area contributed by atoms with Crippen molar-refractivity contribution in [3.05, 3.63) is 0 Å². The van der Waals surface area contributed by atoms with E-state index in [0.29, 0.717) is 0 Å². The summed E-state index contributed by atoms with van der Waals surface area (Å²) in [5.41, 5.74) is 0. The molecule has 1 aliphatic carbocycles. The Morgan fingerprint density at radius 1 is 1.10 bits per heavy atom. The Morgan fingerprint density at radius 3 is 2.38 bits per heavy atom. The predicted octanol–water partition coefficient (Wildman–Crippen LogP) is 2.72. The molecular weight excluding hydrogens is 264 g/mol. The molecule has 1 N–H and O–H groups in total. The quantitative estimate of drug-likeness (QED) is 0.847. The maximum Gasteiger partial charge on any atom is 0.245 e. The van der Waals surface area contributed by atoms with Crippen LogP contribution in [0.3, 0.4) is 0 Å². The second-order valence-corrected chi connectivity index (χ2v) is 6.97. The molecule has 2 aliphatic rings. The summed E-state index contributed by atoms with van der Waals surface area (Å²) in [6.07, 6.45) is 7.90. The van der Waals surface area contributed by atoms with Crippen molar-refractivity contribution >= 4 is 11.8 Å². The molecule has 1 saturated heterocycles. The first-order valence-electron chi connectivity index (χ1n) is 8.63. The third kappa shape index (κ3) is 3.98. The Morgan fingerprint density at radius 2 is 1.76 bits per heavy atom. The van der Waals surface area contributed by atoms with Gasteiger partial charge in [0.2, 0.25) is 11.8 Å². The number of hydrogen-bond donors (Lipinski definition) is 1. The molecule has 2 atom stereocenters. The van der Waals surface area contributed by atoms with Crippen LogP contribution in [0.1, 0.15) is 65.7 Å². The number of nitrogens with one attached hydrogen (secondary N) is 1. The van der Waals surface area contributed by atoms with Crippen LogP contribution in [0.25, 0.3) is 0 Å². The molecular formula is C17H30N2O2. The van der Waals surface area contributed by atoms with Crippen LogP contribution in [0.2, 0.25) is 0 Å². The maximum atomic E-state index is 12.5. The summed E-state index contributed by atoms with van der Waals surface area (Å²) in [6, 6.07) is -0.613. The molecule has 2 amide bonds. The van der Waals surface area contributed by atoms with Gasteiger partial charge in [0.25, 0.3) is 0 Å². The number of nitrogens with zero attached hydrogens (tertiary/aromatic N) is 1. The maximum absolute atomic E-state index is 12.5. The number of amides is 2. The number of carbonyl (C=O) groups is 2. The summed E-state index contributed by atoms with van der Waals surface area (Å²) in [6.45, 7) is 6.96. The summed E-state index contributed by atoms with van der Waals surface area (Å²) in [4.78, 5) is 26.3. The zero-order valence-electron chi connectivity index (χ0n) is 13.7. The molecule has 0 aromatic carbocycles. The van der Waals surface area contributed by atoms with E-state index in [1.54, 1.807) is 0 Å². The molecule has 0 radical (unpaired) electrons. The Bertz CT molecular complexity index is 375. The summed E-state index contributed by atoms with van der Waals surface area (Å²) < 4.78 is 0. The molecule has 0 aromatic heterocycles. The van der Waals surface area contributed by atoms with Crippen molar-refractivity contribution in [2.45, 2.75) is 77.8 Å². The summed E-state index contributed by atoms with van der Waals surface area (Å²) in [5.74, 6) is 1.71. The van der Waals surface area contributed by atoms with E-state index in [1.807, 2.05) is 18.7 Å². The van der Waals surface area contributed by atoms with E-state index in [0.717, 1.165) is 37.6 Å². The molecule has 0 spiro atoms. The Kier molecular flexibility index (Phi) is 5.65. The van der Waals surface area contributed by atoms with Crippen LogP contribution < -0.4 is 5.32 Å². The average molecular weight is 294 g/mol. The van der Waals surface area contributed by atoms with E-state index in [9.17, 15) is 9.59 Å². The molecule has 120 valence electrons. The van der Waals surface area contributed by atoms with Gasteiger partial charge in [-0.05, 0) is 31.6 Å². The van der Waals surface area contributed by atoms with Crippen LogP contribution in [0.15, 0.2) is 0 Å². The second-order valence-electron chi connectivity index (χ2n) is 6.97. The third-order valence-electron chi connectivity index (χ3n) is 5.24. The minimum Gasteiger partial charge on any atom is -0.343 e. The third-order valence-corrected chi connectivity index (χ3v) is 5.24. The van der Waals surface area contributed by atoms with Gasteiger partial charge in [-0.1, -0.05) is 46.0 Å². The molecule has 21 heavy (non-hydrogen) atoms. The SMILES string of the molecule is CCCC1NC(=O)C(C)N(CCC2CCC(C)CC2)C1=O. The highest BCUT2D eigenvalue weighted by atomic mass is 16.2. The van der Waals surface area contributed by atoms with Gasteiger partial charge in [0.1, 0.15) is 12.1 Å². The van der Waals surface area contributed by atoms with Gasteiger partial charge >= 0.3 is 0 Å². The van der Waals surface area contributed by atoms with Crippen LogP contribution in [0, 0.1) is 11.8 Å². The molecule has 1 aliphatic heterocycles. The lowest BCUT2D eigenvalue weighted by Gasteiger charge is -2.38. The van der Waals surface area contributed by atoms with Crippen molar-refractivity contribution in [3.8, 4) is 0 Å². The van der Waals surface area contributed by atoms with Gasteiger partial charge in [0, 0.05) is 6.54 Å². The predicted molar refractivity (Wildman–Crippen MR) is 83.8 cm³/mol. The Labute approximate surface area is 128 Å². The fourth-order valence-corrected chi connectivity index (χ4v) is 3.61. The minimum absolute atomic E-state index is 0.00492. The summed E-state index contributed by atoms with van der Waals surface area (Å²) in [5, 5.41) is 2.86. The fraction of sp³-hybridized carbons (Fsp3) is 0.882. The number of carbonyl (C=O) groups excluding carboxylic acids is 2. The van der Waals surface area contributed by atoms with Crippen molar-refractivity contribution in [2.75, 3.05) is 6.54 Å². The van der Waals surface area contributed by atoms with E-state index >= 15 is 0 Å². The van der Waals surface area contributed by atoms with Crippen LogP contribution in [-0.2, 0) is 9.59 Å². The molecule has 4 heteroatoms. The van der Waals surface area contributed by atoms with Crippen LogP contribution in [0.4, 0.5) is 0 Å². The first-order chi connectivity index (χ1) is 10.0. The summed E-state index contributed by atoms with van der Waals surface area (Å²) >= 11 is 0. The van der Waals surface area contributed by atoms with Crippen molar-refractivity contribution in [3.63, 3.8) is 0 Å². The minimum atomic E-state index is -0.312. The zero-order valence-corrected chi connectivity index (χ0v) is 13.7.